The summed E-state index contributed by atoms with van der Waals surface area (Å²) < 4.78 is 16.6. The lowest BCUT2D eigenvalue weighted by atomic mass is 10.0. The molecule has 1 unspecified atom stereocenters. The first-order valence-corrected chi connectivity index (χ1v) is 6.86. The molecule has 3 aromatic rings. The fraction of sp³-hybridized carbons (Fsp3) is 0.176. The number of rotatable bonds is 2. The van der Waals surface area contributed by atoms with Gasteiger partial charge in [0.1, 0.15) is 11.3 Å². The van der Waals surface area contributed by atoms with Gasteiger partial charge in [0.25, 0.3) is 0 Å². The Balaban J connectivity index is 1.75. The van der Waals surface area contributed by atoms with Crippen LogP contribution in [0.4, 0.5) is 0 Å². The summed E-state index contributed by atoms with van der Waals surface area (Å²) in [5.74, 6) is 2.24. The lowest BCUT2D eigenvalue weighted by molar-refractivity contribution is 0.174. The van der Waals surface area contributed by atoms with Gasteiger partial charge in [-0.15, -0.1) is 0 Å². The third kappa shape index (κ3) is 1.96. The molecule has 4 heteroatoms. The van der Waals surface area contributed by atoms with Crippen LogP contribution < -0.4 is 15.2 Å². The van der Waals surface area contributed by atoms with Gasteiger partial charge in [0.2, 0.25) is 6.79 Å². The summed E-state index contributed by atoms with van der Waals surface area (Å²) >= 11 is 0. The van der Waals surface area contributed by atoms with Gasteiger partial charge < -0.3 is 19.6 Å². The Bertz CT molecular complexity index is 822. The average Bonchev–Trinajstić information content (AvgIpc) is 3.12. The van der Waals surface area contributed by atoms with E-state index >= 15 is 0 Å². The van der Waals surface area contributed by atoms with Crippen LogP contribution in [-0.2, 0) is 0 Å². The number of nitrogens with two attached hydrogens (primary N) is 1. The quantitative estimate of drug-likeness (QED) is 0.780. The van der Waals surface area contributed by atoms with Crippen molar-refractivity contribution in [3.8, 4) is 11.5 Å². The van der Waals surface area contributed by atoms with Crippen molar-refractivity contribution in [2.24, 2.45) is 5.73 Å². The van der Waals surface area contributed by atoms with E-state index in [1.165, 1.54) is 0 Å². The summed E-state index contributed by atoms with van der Waals surface area (Å²) in [5, 5.41) is 1.07. The first-order valence-electron chi connectivity index (χ1n) is 6.86. The van der Waals surface area contributed by atoms with Gasteiger partial charge in [-0.2, -0.15) is 0 Å². The SMILES string of the molecule is Cc1cccc2cc(C(N)c3ccc4c(c3)OCO4)oc12. The van der Waals surface area contributed by atoms with Crippen LogP contribution in [0.15, 0.2) is 46.9 Å². The summed E-state index contributed by atoms with van der Waals surface area (Å²) in [7, 11) is 0. The van der Waals surface area contributed by atoms with Crippen molar-refractivity contribution in [1.29, 1.82) is 0 Å². The molecule has 0 amide bonds. The fourth-order valence-corrected chi connectivity index (χ4v) is 2.65. The summed E-state index contributed by atoms with van der Waals surface area (Å²) in [6, 6.07) is 13.5. The molecule has 2 N–H and O–H groups in total. The van der Waals surface area contributed by atoms with E-state index in [0.717, 1.165) is 39.4 Å². The Morgan fingerprint density at radius 2 is 1.90 bits per heavy atom. The zero-order valence-electron chi connectivity index (χ0n) is 11.6. The van der Waals surface area contributed by atoms with Crippen LogP contribution in [0, 0.1) is 6.92 Å². The van der Waals surface area contributed by atoms with Crippen molar-refractivity contribution in [3.05, 3.63) is 59.4 Å². The smallest absolute Gasteiger partial charge is 0.231 e. The Labute approximate surface area is 122 Å². The molecule has 1 aromatic heterocycles. The summed E-state index contributed by atoms with van der Waals surface area (Å²) in [5.41, 5.74) is 9.28. The van der Waals surface area contributed by atoms with E-state index in [1.807, 2.05) is 49.4 Å². The lowest BCUT2D eigenvalue weighted by Gasteiger charge is -2.09. The van der Waals surface area contributed by atoms with Crippen molar-refractivity contribution in [2.75, 3.05) is 6.79 Å². The second-order valence-electron chi connectivity index (χ2n) is 5.23. The van der Waals surface area contributed by atoms with Crippen LogP contribution in [-0.4, -0.2) is 6.79 Å². The maximum absolute atomic E-state index is 6.33. The van der Waals surface area contributed by atoms with E-state index in [1.54, 1.807) is 0 Å². The van der Waals surface area contributed by atoms with E-state index in [4.69, 9.17) is 19.6 Å². The van der Waals surface area contributed by atoms with Gasteiger partial charge >= 0.3 is 0 Å². The maximum Gasteiger partial charge on any atom is 0.231 e. The molecule has 0 radical (unpaired) electrons. The molecule has 0 aliphatic carbocycles. The minimum atomic E-state index is -0.328. The van der Waals surface area contributed by atoms with Gasteiger partial charge in [0.15, 0.2) is 11.5 Å². The number of hydrogen-bond acceptors (Lipinski definition) is 4. The van der Waals surface area contributed by atoms with Crippen LogP contribution >= 0.6 is 0 Å². The lowest BCUT2D eigenvalue weighted by Crippen LogP contribution is -2.10. The number of furan rings is 1. The van der Waals surface area contributed by atoms with Crippen molar-refractivity contribution < 1.29 is 13.9 Å². The van der Waals surface area contributed by atoms with E-state index < -0.39 is 0 Å². The average molecular weight is 281 g/mol. The zero-order valence-corrected chi connectivity index (χ0v) is 11.6. The molecule has 4 rings (SSSR count). The maximum atomic E-state index is 6.33. The predicted octanol–water partition coefficient (Wildman–Crippen LogP) is 3.52. The van der Waals surface area contributed by atoms with Crippen LogP contribution in [0.5, 0.6) is 11.5 Å². The molecule has 4 nitrogen and oxygen atoms in total. The van der Waals surface area contributed by atoms with Gasteiger partial charge in [0, 0.05) is 5.39 Å². The van der Waals surface area contributed by atoms with E-state index in [0.29, 0.717) is 0 Å². The molecule has 0 bridgehead atoms. The van der Waals surface area contributed by atoms with Crippen LogP contribution in [0.1, 0.15) is 22.9 Å². The molecule has 2 heterocycles. The largest absolute Gasteiger partial charge is 0.459 e. The second kappa shape index (κ2) is 4.53. The van der Waals surface area contributed by atoms with Crippen LogP contribution in [0.2, 0.25) is 0 Å². The predicted molar refractivity (Wildman–Crippen MR) is 79.5 cm³/mol. The van der Waals surface area contributed by atoms with Crippen LogP contribution in [0.25, 0.3) is 11.0 Å². The number of hydrogen-bond donors (Lipinski definition) is 1. The van der Waals surface area contributed by atoms with E-state index in [2.05, 4.69) is 0 Å². The topological polar surface area (TPSA) is 57.6 Å². The minimum Gasteiger partial charge on any atom is -0.459 e. The molecular weight excluding hydrogens is 266 g/mol. The Kier molecular flexibility index (Phi) is 2.65. The van der Waals surface area contributed by atoms with Crippen molar-refractivity contribution in [3.63, 3.8) is 0 Å². The normalized spacial score (nSPS) is 14.6. The first kappa shape index (κ1) is 12.3. The zero-order chi connectivity index (χ0) is 14.4. The Hall–Kier alpha value is -2.46. The monoisotopic (exact) mass is 281 g/mol. The first-order chi connectivity index (χ1) is 10.2. The third-order valence-electron chi connectivity index (χ3n) is 3.82. The second-order valence-corrected chi connectivity index (χ2v) is 5.23. The van der Waals surface area contributed by atoms with Gasteiger partial charge in [0.05, 0.1) is 6.04 Å². The minimum absolute atomic E-state index is 0.262. The molecule has 0 saturated carbocycles. The summed E-state index contributed by atoms with van der Waals surface area (Å²) in [4.78, 5) is 0. The van der Waals surface area contributed by atoms with Crippen molar-refractivity contribution in [2.45, 2.75) is 13.0 Å². The van der Waals surface area contributed by atoms with Gasteiger partial charge in [-0.25, -0.2) is 0 Å². The number of aryl methyl sites for hydroxylation is 1. The molecule has 0 fully saturated rings. The molecule has 0 saturated heterocycles. The fourth-order valence-electron chi connectivity index (χ4n) is 2.65. The molecule has 1 atom stereocenters. The number of fused-ring (bicyclic) bond motifs is 2. The molecule has 0 spiro atoms. The van der Waals surface area contributed by atoms with E-state index in [9.17, 15) is 0 Å². The summed E-state index contributed by atoms with van der Waals surface area (Å²) in [6.45, 7) is 2.29. The molecule has 1 aliphatic heterocycles. The molecule has 21 heavy (non-hydrogen) atoms. The molecule has 106 valence electrons. The highest BCUT2D eigenvalue weighted by molar-refractivity contribution is 5.81. The highest BCUT2D eigenvalue weighted by Crippen LogP contribution is 2.36. The van der Waals surface area contributed by atoms with E-state index in [-0.39, 0.29) is 12.8 Å². The van der Waals surface area contributed by atoms with Crippen LogP contribution in [0.3, 0.4) is 0 Å². The standard InChI is InChI=1S/C17H15NO3/c1-10-3-2-4-12-8-15(21-17(10)12)16(18)11-5-6-13-14(7-11)20-9-19-13/h2-8,16H,9,18H2,1H3. The number of para-hydroxylation sites is 1. The molecule has 1 aliphatic rings. The van der Waals surface area contributed by atoms with Gasteiger partial charge in [-0.3, -0.25) is 0 Å². The highest BCUT2D eigenvalue weighted by atomic mass is 16.7. The Morgan fingerprint density at radius 1 is 1.05 bits per heavy atom. The number of benzene rings is 2. The Morgan fingerprint density at radius 3 is 2.76 bits per heavy atom. The van der Waals surface area contributed by atoms with Crippen molar-refractivity contribution >= 4 is 11.0 Å². The number of ether oxygens (including phenoxy) is 2. The van der Waals surface area contributed by atoms with Crippen molar-refractivity contribution in [1.82, 2.24) is 0 Å². The molecular formula is C17H15NO3. The third-order valence-corrected chi connectivity index (χ3v) is 3.82. The summed E-state index contributed by atoms with van der Waals surface area (Å²) in [6.07, 6.45) is 0. The van der Waals surface area contributed by atoms with Gasteiger partial charge in [-0.05, 0) is 36.2 Å². The highest BCUT2D eigenvalue weighted by Gasteiger charge is 2.19. The van der Waals surface area contributed by atoms with Gasteiger partial charge in [-0.1, -0.05) is 24.3 Å². The molecule has 2 aromatic carbocycles.